The summed E-state index contributed by atoms with van der Waals surface area (Å²) < 4.78 is 6.89. The number of piperazine rings is 1. The Bertz CT molecular complexity index is 599. The maximum Gasteiger partial charge on any atom is 0.355 e. The number of carbonyl (C=O) groups excluding carboxylic acids is 2. The molecule has 23 heavy (non-hydrogen) atoms. The molecular formula is C17H27N3O3. The Kier molecular flexibility index (Phi) is 5.46. The van der Waals surface area contributed by atoms with Gasteiger partial charge in [-0.05, 0) is 32.9 Å². The van der Waals surface area contributed by atoms with Crippen LogP contribution in [0.2, 0.25) is 0 Å². The van der Waals surface area contributed by atoms with E-state index in [1.54, 1.807) is 18.5 Å². The summed E-state index contributed by atoms with van der Waals surface area (Å²) in [7, 11) is 1.81. The molecule has 0 unspecified atom stereocenters. The smallest absolute Gasteiger partial charge is 0.355 e. The second-order valence-corrected chi connectivity index (χ2v) is 5.94. The first-order valence-corrected chi connectivity index (χ1v) is 8.26. The molecular weight excluding hydrogens is 294 g/mol. The normalized spacial score (nSPS) is 15.8. The van der Waals surface area contributed by atoms with Gasteiger partial charge in [-0.25, -0.2) is 4.79 Å². The van der Waals surface area contributed by atoms with E-state index in [0.29, 0.717) is 23.4 Å². The molecule has 0 N–H and O–H groups in total. The summed E-state index contributed by atoms with van der Waals surface area (Å²) in [6.45, 7) is 12.2. The van der Waals surface area contributed by atoms with Crippen molar-refractivity contribution < 1.29 is 14.3 Å². The van der Waals surface area contributed by atoms with Crippen molar-refractivity contribution in [2.24, 2.45) is 7.05 Å². The molecule has 2 heterocycles. The van der Waals surface area contributed by atoms with Gasteiger partial charge in [-0.2, -0.15) is 0 Å². The molecule has 0 bridgehead atoms. The maximum absolute atomic E-state index is 12.9. The van der Waals surface area contributed by atoms with Gasteiger partial charge in [0.25, 0.3) is 5.91 Å². The average molecular weight is 321 g/mol. The Morgan fingerprint density at radius 2 is 1.70 bits per heavy atom. The van der Waals surface area contributed by atoms with Crippen molar-refractivity contribution >= 4 is 11.9 Å². The summed E-state index contributed by atoms with van der Waals surface area (Å²) in [5.41, 5.74) is 2.64. The number of likely N-dealkylation sites (N-methyl/N-ethyl adjacent to an activating group) is 1. The molecule has 0 atom stereocenters. The Morgan fingerprint density at radius 3 is 2.22 bits per heavy atom. The lowest BCUT2D eigenvalue weighted by Crippen LogP contribution is -2.48. The summed E-state index contributed by atoms with van der Waals surface area (Å²) in [4.78, 5) is 29.3. The number of carbonyl (C=O) groups is 2. The molecule has 6 heteroatoms. The fourth-order valence-electron chi connectivity index (χ4n) is 3.21. The molecule has 1 aliphatic rings. The lowest BCUT2D eigenvalue weighted by Gasteiger charge is -2.34. The van der Waals surface area contributed by atoms with Crippen molar-refractivity contribution in [2.75, 3.05) is 39.3 Å². The summed E-state index contributed by atoms with van der Waals surface area (Å²) in [5.74, 6) is -0.354. The van der Waals surface area contributed by atoms with Crippen molar-refractivity contribution in [2.45, 2.75) is 27.7 Å². The van der Waals surface area contributed by atoms with Crippen molar-refractivity contribution in [3.05, 3.63) is 22.5 Å². The summed E-state index contributed by atoms with van der Waals surface area (Å²) >= 11 is 0. The van der Waals surface area contributed by atoms with E-state index < -0.39 is 0 Å². The average Bonchev–Trinajstić information content (AvgIpc) is 2.77. The Labute approximate surface area is 138 Å². The lowest BCUT2D eigenvalue weighted by atomic mass is 10.1. The molecule has 1 aromatic rings. The number of nitrogens with zero attached hydrogens (tertiary/aromatic N) is 3. The second-order valence-electron chi connectivity index (χ2n) is 5.94. The van der Waals surface area contributed by atoms with Crippen molar-refractivity contribution in [1.29, 1.82) is 0 Å². The van der Waals surface area contributed by atoms with Crippen LogP contribution in [0, 0.1) is 13.8 Å². The topological polar surface area (TPSA) is 54.8 Å². The third-order valence-corrected chi connectivity index (χ3v) is 4.72. The van der Waals surface area contributed by atoms with Crippen LogP contribution in [-0.2, 0) is 11.8 Å². The molecule has 1 amide bonds. The predicted octanol–water partition coefficient (Wildman–Crippen LogP) is 1.60. The molecule has 0 radical (unpaired) electrons. The quantitative estimate of drug-likeness (QED) is 0.791. The van der Waals surface area contributed by atoms with Crippen molar-refractivity contribution in [1.82, 2.24) is 14.4 Å². The van der Waals surface area contributed by atoms with Crippen LogP contribution in [0.5, 0.6) is 0 Å². The van der Waals surface area contributed by atoms with Crippen LogP contribution in [0.15, 0.2) is 0 Å². The minimum Gasteiger partial charge on any atom is -0.461 e. The molecule has 1 aliphatic heterocycles. The van der Waals surface area contributed by atoms with Gasteiger partial charge >= 0.3 is 5.97 Å². The lowest BCUT2D eigenvalue weighted by molar-refractivity contribution is 0.0514. The fourth-order valence-corrected chi connectivity index (χ4v) is 3.21. The Morgan fingerprint density at radius 1 is 1.09 bits per heavy atom. The number of rotatable bonds is 4. The van der Waals surface area contributed by atoms with Crippen LogP contribution in [0.4, 0.5) is 0 Å². The molecule has 6 nitrogen and oxygen atoms in total. The zero-order chi connectivity index (χ0) is 17.1. The third-order valence-electron chi connectivity index (χ3n) is 4.72. The number of hydrogen-bond donors (Lipinski definition) is 0. The van der Waals surface area contributed by atoms with Gasteiger partial charge < -0.3 is 19.1 Å². The van der Waals surface area contributed by atoms with Gasteiger partial charge in [0.05, 0.1) is 12.2 Å². The zero-order valence-corrected chi connectivity index (χ0v) is 14.8. The van der Waals surface area contributed by atoms with Gasteiger partial charge in [0.15, 0.2) is 0 Å². The number of aromatic nitrogens is 1. The summed E-state index contributed by atoms with van der Waals surface area (Å²) in [6, 6.07) is 0. The second kappa shape index (κ2) is 7.17. The molecule has 2 rings (SSSR count). The largest absolute Gasteiger partial charge is 0.461 e. The van der Waals surface area contributed by atoms with Gasteiger partial charge in [-0.3, -0.25) is 4.79 Å². The highest BCUT2D eigenvalue weighted by atomic mass is 16.5. The summed E-state index contributed by atoms with van der Waals surface area (Å²) in [5, 5.41) is 0. The zero-order valence-electron chi connectivity index (χ0n) is 14.8. The number of esters is 1. The van der Waals surface area contributed by atoms with Crippen LogP contribution in [-0.4, -0.2) is 65.6 Å². The molecule has 1 saturated heterocycles. The highest BCUT2D eigenvalue weighted by molar-refractivity contribution is 6.01. The van der Waals surface area contributed by atoms with E-state index in [1.807, 2.05) is 18.7 Å². The van der Waals surface area contributed by atoms with E-state index in [9.17, 15) is 9.59 Å². The van der Waals surface area contributed by atoms with Crippen LogP contribution in [0.25, 0.3) is 0 Å². The summed E-state index contributed by atoms with van der Waals surface area (Å²) in [6.07, 6.45) is 0. The minimum absolute atomic E-state index is 0.0156. The van der Waals surface area contributed by atoms with Gasteiger partial charge in [-0.15, -0.1) is 0 Å². The molecule has 0 aliphatic carbocycles. The Hall–Kier alpha value is -1.82. The number of ether oxygens (including phenoxy) is 1. The monoisotopic (exact) mass is 321 g/mol. The highest BCUT2D eigenvalue weighted by Crippen LogP contribution is 2.24. The van der Waals surface area contributed by atoms with E-state index in [4.69, 9.17) is 4.74 Å². The van der Waals surface area contributed by atoms with Gasteiger partial charge in [-0.1, -0.05) is 6.92 Å². The number of amides is 1. The first-order chi connectivity index (χ1) is 10.9. The fraction of sp³-hybridized carbons (Fsp3) is 0.647. The highest BCUT2D eigenvalue weighted by Gasteiger charge is 2.29. The van der Waals surface area contributed by atoms with Crippen LogP contribution in [0.3, 0.4) is 0 Å². The minimum atomic E-state index is -0.370. The maximum atomic E-state index is 12.9. The van der Waals surface area contributed by atoms with Crippen molar-refractivity contribution in [3.63, 3.8) is 0 Å². The van der Waals surface area contributed by atoms with E-state index in [2.05, 4.69) is 11.8 Å². The Balaban J connectivity index is 2.28. The standard InChI is InChI=1S/C17H27N3O3/c1-6-19-8-10-20(11-9-19)16(21)14-12(3)15(17(22)23-7-2)18(5)13(14)4/h6-11H2,1-5H3. The van der Waals surface area contributed by atoms with Crippen LogP contribution in [0.1, 0.15) is 46.0 Å². The van der Waals surface area contributed by atoms with Gasteiger partial charge in [0, 0.05) is 38.9 Å². The first-order valence-electron chi connectivity index (χ1n) is 8.26. The molecule has 0 saturated carbocycles. The van der Waals surface area contributed by atoms with Gasteiger partial charge in [0.1, 0.15) is 5.69 Å². The molecule has 0 spiro atoms. The first kappa shape index (κ1) is 17.5. The predicted molar refractivity (Wildman–Crippen MR) is 88.9 cm³/mol. The number of hydrogen-bond acceptors (Lipinski definition) is 4. The van der Waals surface area contributed by atoms with E-state index in [1.165, 1.54) is 0 Å². The molecule has 1 aromatic heterocycles. The third kappa shape index (κ3) is 3.27. The van der Waals surface area contributed by atoms with E-state index >= 15 is 0 Å². The molecule has 0 aromatic carbocycles. The molecule has 128 valence electrons. The van der Waals surface area contributed by atoms with E-state index in [0.717, 1.165) is 38.4 Å². The molecule has 1 fully saturated rings. The SMILES string of the molecule is CCOC(=O)c1c(C)c(C(=O)N2CCN(CC)CC2)c(C)n1C. The van der Waals surface area contributed by atoms with E-state index in [-0.39, 0.29) is 11.9 Å². The van der Waals surface area contributed by atoms with Crippen molar-refractivity contribution in [3.8, 4) is 0 Å². The van der Waals surface area contributed by atoms with Crippen LogP contribution >= 0.6 is 0 Å². The van der Waals surface area contributed by atoms with Gasteiger partial charge in [0.2, 0.25) is 0 Å². The van der Waals surface area contributed by atoms with Crippen LogP contribution < -0.4 is 0 Å².